The largest absolute Gasteiger partial charge is 0.478 e. The monoisotopic (exact) mass is 299 g/mol. The fraction of sp³-hybridized carbons (Fsp3) is 0.462. The van der Waals surface area contributed by atoms with Gasteiger partial charge >= 0.3 is 5.97 Å². The van der Waals surface area contributed by atoms with Gasteiger partial charge in [-0.15, -0.1) is 0 Å². The van der Waals surface area contributed by atoms with E-state index >= 15 is 0 Å². The highest BCUT2D eigenvalue weighted by molar-refractivity contribution is 7.89. The third kappa shape index (κ3) is 2.84. The quantitative estimate of drug-likeness (QED) is 0.902. The van der Waals surface area contributed by atoms with E-state index in [1.807, 2.05) is 6.92 Å². The molecule has 0 aliphatic carbocycles. The number of hydrogen-bond donors (Lipinski definition) is 1. The van der Waals surface area contributed by atoms with E-state index in [0.29, 0.717) is 19.6 Å². The molecule has 0 spiro atoms. The highest BCUT2D eigenvalue weighted by atomic mass is 32.2. The summed E-state index contributed by atoms with van der Waals surface area (Å²) in [5.74, 6) is -1.14. The molecule has 1 atom stereocenters. The minimum Gasteiger partial charge on any atom is -0.478 e. The van der Waals surface area contributed by atoms with Gasteiger partial charge < -0.3 is 9.84 Å². The van der Waals surface area contributed by atoms with Crippen LogP contribution in [0.2, 0.25) is 0 Å². The molecular formula is C13H17NO5S. The molecule has 0 bridgehead atoms. The Morgan fingerprint density at radius 1 is 1.50 bits per heavy atom. The molecule has 7 heteroatoms. The molecule has 1 aliphatic heterocycles. The van der Waals surface area contributed by atoms with E-state index in [0.717, 1.165) is 0 Å². The number of hydrogen-bond acceptors (Lipinski definition) is 4. The molecule has 1 saturated heterocycles. The van der Waals surface area contributed by atoms with Crippen molar-refractivity contribution >= 4 is 16.0 Å². The molecule has 0 radical (unpaired) electrons. The van der Waals surface area contributed by atoms with Crippen molar-refractivity contribution in [3.05, 3.63) is 29.8 Å². The second kappa shape index (κ2) is 5.90. The normalized spacial score (nSPS) is 20.8. The van der Waals surface area contributed by atoms with Gasteiger partial charge in [-0.1, -0.05) is 13.0 Å². The molecule has 0 saturated carbocycles. The van der Waals surface area contributed by atoms with Gasteiger partial charge in [0, 0.05) is 12.6 Å². The molecule has 1 aromatic carbocycles. The highest BCUT2D eigenvalue weighted by Gasteiger charge is 2.33. The van der Waals surface area contributed by atoms with Crippen molar-refractivity contribution in [2.45, 2.75) is 24.3 Å². The number of aromatic carboxylic acids is 1. The van der Waals surface area contributed by atoms with Crippen LogP contribution in [0.15, 0.2) is 29.2 Å². The van der Waals surface area contributed by atoms with Crippen LogP contribution in [0.4, 0.5) is 0 Å². The van der Waals surface area contributed by atoms with E-state index in [2.05, 4.69) is 0 Å². The van der Waals surface area contributed by atoms with Crippen molar-refractivity contribution in [1.82, 2.24) is 4.31 Å². The Bertz CT molecular complexity index is 599. The maximum absolute atomic E-state index is 12.6. The number of carboxylic acid groups (broad SMARTS) is 1. The van der Waals surface area contributed by atoms with Crippen molar-refractivity contribution in [3.8, 4) is 0 Å². The van der Waals surface area contributed by atoms with Gasteiger partial charge in [-0.3, -0.25) is 0 Å². The Hall–Kier alpha value is -1.44. The Labute approximate surface area is 118 Å². The van der Waals surface area contributed by atoms with Gasteiger partial charge in [0.1, 0.15) is 0 Å². The maximum Gasteiger partial charge on any atom is 0.335 e. The number of carbonyl (C=O) groups is 1. The van der Waals surface area contributed by atoms with Crippen LogP contribution < -0.4 is 0 Å². The van der Waals surface area contributed by atoms with Crippen LogP contribution in [0, 0.1) is 0 Å². The lowest BCUT2D eigenvalue weighted by Gasteiger charge is -2.34. The Morgan fingerprint density at radius 3 is 2.90 bits per heavy atom. The first kappa shape index (κ1) is 15.0. The predicted molar refractivity (Wildman–Crippen MR) is 72.2 cm³/mol. The first-order chi connectivity index (χ1) is 9.46. The van der Waals surface area contributed by atoms with Crippen LogP contribution in [0.1, 0.15) is 23.7 Å². The minimum absolute atomic E-state index is 0.0118. The van der Waals surface area contributed by atoms with Crippen LogP contribution in [-0.2, 0) is 14.8 Å². The topological polar surface area (TPSA) is 83.9 Å². The number of benzene rings is 1. The van der Waals surface area contributed by atoms with E-state index < -0.39 is 16.0 Å². The molecule has 1 aliphatic rings. The lowest BCUT2D eigenvalue weighted by molar-refractivity contribution is 0.0314. The summed E-state index contributed by atoms with van der Waals surface area (Å²) in [6.07, 6.45) is 0.651. The van der Waals surface area contributed by atoms with Gasteiger partial charge in [-0.2, -0.15) is 4.31 Å². The fourth-order valence-corrected chi connectivity index (χ4v) is 3.92. The summed E-state index contributed by atoms with van der Waals surface area (Å²) in [7, 11) is -3.69. The van der Waals surface area contributed by atoms with Crippen LogP contribution in [-0.4, -0.2) is 49.6 Å². The zero-order valence-electron chi connectivity index (χ0n) is 11.2. The van der Waals surface area contributed by atoms with Gasteiger partial charge in [0.15, 0.2) is 0 Å². The second-order valence-corrected chi connectivity index (χ2v) is 6.48. The molecule has 1 unspecified atom stereocenters. The molecular weight excluding hydrogens is 282 g/mol. The summed E-state index contributed by atoms with van der Waals surface area (Å²) in [5, 5.41) is 8.96. The van der Waals surface area contributed by atoms with Gasteiger partial charge in [0.25, 0.3) is 0 Å². The molecule has 6 nitrogen and oxygen atoms in total. The van der Waals surface area contributed by atoms with Crippen molar-refractivity contribution in [3.63, 3.8) is 0 Å². The molecule has 1 heterocycles. The maximum atomic E-state index is 12.6. The Balaban J connectivity index is 2.38. The average Bonchev–Trinajstić information content (AvgIpc) is 2.47. The molecule has 2 rings (SSSR count). The predicted octanol–water partition coefficient (Wildman–Crippen LogP) is 1.18. The fourth-order valence-electron chi connectivity index (χ4n) is 2.20. The minimum atomic E-state index is -3.69. The molecule has 1 N–H and O–H groups in total. The number of rotatable bonds is 4. The number of ether oxygens (including phenoxy) is 1. The number of nitrogens with zero attached hydrogens (tertiary/aromatic N) is 1. The summed E-state index contributed by atoms with van der Waals surface area (Å²) < 4.78 is 31.9. The molecule has 110 valence electrons. The third-order valence-corrected chi connectivity index (χ3v) is 5.28. The SMILES string of the molecule is CCC1COCCN1S(=O)(=O)c1cccc(C(=O)O)c1. The molecule has 0 aromatic heterocycles. The van der Waals surface area contributed by atoms with Gasteiger partial charge in [0.2, 0.25) is 10.0 Å². The first-order valence-corrected chi connectivity index (χ1v) is 7.83. The van der Waals surface area contributed by atoms with E-state index in [9.17, 15) is 13.2 Å². The van der Waals surface area contributed by atoms with E-state index in [1.54, 1.807) is 0 Å². The standard InChI is InChI=1S/C13H17NO5S/c1-2-11-9-19-7-6-14(11)20(17,18)12-5-3-4-10(8-12)13(15)16/h3-5,8,11H,2,6-7,9H2,1H3,(H,15,16). The van der Waals surface area contributed by atoms with Crippen LogP contribution in [0.3, 0.4) is 0 Å². The highest BCUT2D eigenvalue weighted by Crippen LogP contribution is 2.22. The summed E-state index contributed by atoms with van der Waals surface area (Å²) in [6.45, 7) is 2.91. The van der Waals surface area contributed by atoms with E-state index in [4.69, 9.17) is 9.84 Å². The molecule has 0 amide bonds. The summed E-state index contributed by atoms with van der Waals surface area (Å²) in [6, 6.07) is 5.22. The van der Waals surface area contributed by atoms with Crippen LogP contribution in [0.5, 0.6) is 0 Å². The van der Waals surface area contributed by atoms with Crippen molar-refractivity contribution in [2.24, 2.45) is 0 Å². The number of morpholine rings is 1. The second-order valence-electron chi connectivity index (χ2n) is 4.59. The number of carboxylic acids is 1. The molecule has 1 aromatic rings. The van der Waals surface area contributed by atoms with Gasteiger partial charge in [-0.05, 0) is 24.6 Å². The zero-order chi connectivity index (χ0) is 14.8. The lowest BCUT2D eigenvalue weighted by atomic mass is 10.2. The zero-order valence-corrected chi connectivity index (χ0v) is 12.0. The summed E-state index contributed by atoms with van der Waals surface area (Å²) in [4.78, 5) is 11.0. The third-order valence-electron chi connectivity index (χ3n) is 3.33. The summed E-state index contributed by atoms with van der Waals surface area (Å²) in [5.41, 5.74) is -0.0348. The molecule has 1 fully saturated rings. The van der Waals surface area contributed by atoms with E-state index in [-0.39, 0.29) is 23.0 Å². The van der Waals surface area contributed by atoms with E-state index in [1.165, 1.54) is 28.6 Å². The van der Waals surface area contributed by atoms with Crippen LogP contribution >= 0.6 is 0 Å². The van der Waals surface area contributed by atoms with Gasteiger partial charge in [0.05, 0.1) is 23.7 Å². The average molecular weight is 299 g/mol. The Kier molecular flexibility index (Phi) is 4.42. The van der Waals surface area contributed by atoms with Crippen molar-refractivity contribution in [2.75, 3.05) is 19.8 Å². The number of sulfonamides is 1. The van der Waals surface area contributed by atoms with Crippen molar-refractivity contribution < 1.29 is 23.1 Å². The smallest absolute Gasteiger partial charge is 0.335 e. The van der Waals surface area contributed by atoms with Crippen LogP contribution in [0.25, 0.3) is 0 Å². The first-order valence-electron chi connectivity index (χ1n) is 6.39. The lowest BCUT2D eigenvalue weighted by Crippen LogP contribution is -2.48. The summed E-state index contributed by atoms with van der Waals surface area (Å²) >= 11 is 0. The Morgan fingerprint density at radius 2 is 2.25 bits per heavy atom. The van der Waals surface area contributed by atoms with Crippen molar-refractivity contribution in [1.29, 1.82) is 0 Å². The molecule has 20 heavy (non-hydrogen) atoms. The van der Waals surface area contributed by atoms with Gasteiger partial charge in [-0.25, -0.2) is 13.2 Å².